The minimum absolute atomic E-state index is 0.306. The van der Waals surface area contributed by atoms with Crippen LogP contribution in [0.4, 0.5) is 0 Å². The van der Waals surface area contributed by atoms with Gasteiger partial charge < -0.3 is 10.4 Å². The van der Waals surface area contributed by atoms with E-state index in [1.165, 1.54) is 12.8 Å². The van der Waals surface area contributed by atoms with Crippen LogP contribution < -0.4 is 5.32 Å². The van der Waals surface area contributed by atoms with Crippen LogP contribution >= 0.6 is 0 Å². The van der Waals surface area contributed by atoms with Crippen molar-refractivity contribution in [2.75, 3.05) is 13.2 Å². The van der Waals surface area contributed by atoms with Gasteiger partial charge in [-0.25, -0.2) is 0 Å². The second-order valence-electron chi connectivity index (χ2n) is 2.33. The van der Waals surface area contributed by atoms with Crippen molar-refractivity contribution in [2.24, 2.45) is 0 Å². The van der Waals surface area contributed by atoms with Gasteiger partial charge in [-0.05, 0) is 19.4 Å². The predicted octanol–water partition coefficient (Wildman–Crippen LogP) is 1.95. The molecular weight excluding hydrogens is 150 g/mol. The summed E-state index contributed by atoms with van der Waals surface area (Å²) in [6, 6.07) is 0.392. The van der Waals surface area contributed by atoms with Crippen LogP contribution in [0.2, 0.25) is 0 Å². The van der Waals surface area contributed by atoms with Crippen LogP contribution in [0.15, 0.2) is 13.2 Å². The zero-order valence-electron chi connectivity index (χ0n) is 8.47. The van der Waals surface area contributed by atoms with E-state index >= 15 is 0 Å². The van der Waals surface area contributed by atoms with E-state index < -0.39 is 0 Å². The van der Waals surface area contributed by atoms with E-state index in [1.54, 1.807) is 0 Å². The molecule has 0 amide bonds. The quantitative estimate of drug-likeness (QED) is 0.594. The summed E-state index contributed by atoms with van der Waals surface area (Å²) in [5, 5.41) is 11.8. The SMILES string of the molecule is C=C.CC.OCC1CCCCN1. The molecule has 1 unspecified atom stereocenters. The second-order valence-corrected chi connectivity index (χ2v) is 2.33. The maximum absolute atomic E-state index is 8.63. The summed E-state index contributed by atoms with van der Waals surface area (Å²) in [6.45, 7) is 11.4. The zero-order valence-corrected chi connectivity index (χ0v) is 8.47. The summed E-state index contributed by atoms with van der Waals surface area (Å²) < 4.78 is 0. The Morgan fingerprint density at radius 3 is 2.17 bits per heavy atom. The molecule has 12 heavy (non-hydrogen) atoms. The van der Waals surface area contributed by atoms with E-state index in [4.69, 9.17) is 5.11 Å². The Bertz CT molecular complexity index is 70.2. The lowest BCUT2D eigenvalue weighted by atomic mass is 10.1. The van der Waals surface area contributed by atoms with Gasteiger partial charge in [0.15, 0.2) is 0 Å². The van der Waals surface area contributed by atoms with Gasteiger partial charge in [0.1, 0.15) is 0 Å². The highest BCUT2D eigenvalue weighted by molar-refractivity contribution is 4.69. The molecule has 74 valence electrons. The van der Waals surface area contributed by atoms with Gasteiger partial charge in [0.25, 0.3) is 0 Å². The standard InChI is InChI=1S/C6H13NO.C2H6.C2H4/c8-5-6-3-1-2-4-7-6;2*1-2/h6-8H,1-5H2;1-2H3;1-2H2. The van der Waals surface area contributed by atoms with E-state index in [2.05, 4.69) is 18.5 Å². The molecule has 1 saturated heterocycles. The first-order valence-electron chi connectivity index (χ1n) is 4.77. The van der Waals surface area contributed by atoms with Crippen molar-refractivity contribution >= 4 is 0 Å². The maximum atomic E-state index is 8.63. The highest BCUT2D eigenvalue weighted by Gasteiger charge is 2.09. The topological polar surface area (TPSA) is 32.3 Å². The first-order chi connectivity index (χ1) is 5.93. The molecule has 0 saturated carbocycles. The lowest BCUT2D eigenvalue weighted by molar-refractivity contribution is 0.220. The van der Waals surface area contributed by atoms with Gasteiger partial charge in [0.05, 0.1) is 6.61 Å². The number of piperidine rings is 1. The Hall–Kier alpha value is -0.340. The molecule has 0 spiro atoms. The van der Waals surface area contributed by atoms with Crippen molar-refractivity contribution in [3.05, 3.63) is 13.2 Å². The highest BCUT2D eigenvalue weighted by Crippen LogP contribution is 2.04. The number of hydrogen-bond donors (Lipinski definition) is 2. The Labute approximate surface area is 76.7 Å². The third-order valence-electron chi connectivity index (χ3n) is 1.63. The molecular formula is C10H23NO. The van der Waals surface area contributed by atoms with Crippen molar-refractivity contribution in [1.29, 1.82) is 0 Å². The van der Waals surface area contributed by atoms with Gasteiger partial charge >= 0.3 is 0 Å². The molecule has 2 N–H and O–H groups in total. The zero-order chi connectivity index (χ0) is 9.82. The maximum Gasteiger partial charge on any atom is 0.0584 e. The Kier molecular flexibility index (Phi) is 15.7. The van der Waals surface area contributed by atoms with Crippen LogP contribution in [0.25, 0.3) is 0 Å². The van der Waals surface area contributed by atoms with Crippen molar-refractivity contribution < 1.29 is 5.11 Å². The van der Waals surface area contributed by atoms with Gasteiger partial charge in [0, 0.05) is 6.04 Å². The van der Waals surface area contributed by atoms with Gasteiger partial charge in [-0.3, -0.25) is 0 Å². The van der Waals surface area contributed by atoms with Crippen molar-refractivity contribution in [3.8, 4) is 0 Å². The highest BCUT2D eigenvalue weighted by atomic mass is 16.3. The van der Waals surface area contributed by atoms with Gasteiger partial charge in [-0.2, -0.15) is 0 Å². The first kappa shape index (κ1) is 14.2. The normalized spacial score (nSPS) is 21.1. The van der Waals surface area contributed by atoms with Gasteiger partial charge in [0.2, 0.25) is 0 Å². The van der Waals surface area contributed by atoms with Crippen LogP contribution in [-0.4, -0.2) is 24.3 Å². The smallest absolute Gasteiger partial charge is 0.0584 e. The third-order valence-corrected chi connectivity index (χ3v) is 1.63. The molecule has 1 aliphatic rings. The molecule has 1 fully saturated rings. The van der Waals surface area contributed by atoms with Gasteiger partial charge in [-0.15, -0.1) is 13.2 Å². The van der Waals surface area contributed by atoms with Gasteiger partial charge in [-0.1, -0.05) is 20.3 Å². The molecule has 0 aromatic heterocycles. The van der Waals surface area contributed by atoms with Crippen LogP contribution in [0, 0.1) is 0 Å². The van der Waals surface area contributed by atoms with E-state index in [-0.39, 0.29) is 0 Å². The number of hydrogen-bond acceptors (Lipinski definition) is 2. The van der Waals surface area contributed by atoms with E-state index in [0.717, 1.165) is 13.0 Å². The van der Waals surface area contributed by atoms with Crippen molar-refractivity contribution in [2.45, 2.75) is 39.2 Å². The lowest BCUT2D eigenvalue weighted by Gasteiger charge is -2.20. The monoisotopic (exact) mass is 173 g/mol. The molecule has 2 heteroatoms. The Balaban J connectivity index is 0. The summed E-state index contributed by atoms with van der Waals surface area (Å²) in [5.41, 5.74) is 0. The molecule has 0 aliphatic carbocycles. The summed E-state index contributed by atoms with van der Waals surface area (Å²) in [5.74, 6) is 0. The molecule has 1 aliphatic heterocycles. The molecule has 0 bridgehead atoms. The molecule has 1 rings (SSSR count). The molecule has 1 heterocycles. The van der Waals surface area contributed by atoms with Crippen LogP contribution in [0.3, 0.4) is 0 Å². The molecule has 1 atom stereocenters. The summed E-state index contributed by atoms with van der Waals surface area (Å²) in [7, 11) is 0. The minimum Gasteiger partial charge on any atom is -0.395 e. The minimum atomic E-state index is 0.306. The number of aliphatic hydroxyl groups is 1. The molecule has 2 nitrogen and oxygen atoms in total. The molecule has 0 radical (unpaired) electrons. The lowest BCUT2D eigenvalue weighted by Crippen LogP contribution is -2.36. The third kappa shape index (κ3) is 7.76. The average Bonchev–Trinajstić information content (AvgIpc) is 2.25. The largest absolute Gasteiger partial charge is 0.395 e. The van der Waals surface area contributed by atoms with E-state index in [1.807, 2.05) is 13.8 Å². The van der Waals surface area contributed by atoms with E-state index in [9.17, 15) is 0 Å². The fourth-order valence-electron chi connectivity index (χ4n) is 1.08. The summed E-state index contributed by atoms with van der Waals surface area (Å²) in [6.07, 6.45) is 3.70. The first-order valence-corrected chi connectivity index (χ1v) is 4.77. The molecule has 0 aromatic rings. The second kappa shape index (κ2) is 13.3. The number of nitrogens with one attached hydrogen (secondary N) is 1. The number of rotatable bonds is 1. The average molecular weight is 173 g/mol. The summed E-state index contributed by atoms with van der Waals surface area (Å²) in [4.78, 5) is 0. The summed E-state index contributed by atoms with van der Waals surface area (Å²) >= 11 is 0. The Morgan fingerprint density at radius 2 is 1.92 bits per heavy atom. The van der Waals surface area contributed by atoms with Crippen molar-refractivity contribution in [3.63, 3.8) is 0 Å². The predicted molar refractivity (Wildman–Crippen MR) is 55.3 cm³/mol. The van der Waals surface area contributed by atoms with E-state index in [0.29, 0.717) is 12.6 Å². The Morgan fingerprint density at radius 1 is 1.33 bits per heavy atom. The van der Waals surface area contributed by atoms with Crippen LogP contribution in [0.1, 0.15) is 33.1 Å². The van der Waals surface area contributed by atoms with Crippen LogP contribution in [0.5, 0.6) is 0 Å². The fraction of sp³-hybridized carbons (Fsp3) is 0.800. The van der Waals surface area contributed by atoms with Crippen molar-refractivity contribution in [1.82, 2.24) is 5.32 Å². The molecule has 0 aromatic carbocycles. The number of aliphatic hydroxyl groups excluding tert-OH is 1. The fourth-order valence-corrected chi connectivity index (χ4v) is 1.08. The van der Waals surface area contributed by atoms with Crippen LogP contribution in [-0.2, 0) is 0 Å².